The van der Waals surface area contributed by atoms with Gasteiger partial charge in [0.2, 0.25) is 0 Å². The summed E-state index contributed by atoms with van der Waals surface area (Å²) in [6.45, 7) is 1.45. The maximum atomic E-state index is 5.24. The van der Waals surface area contributed by atoms with E-state index in [4.69, 9.17) is 4.74 Å². The third kappa shape index (κ3) is 1.28. The lowest BCUT2D eigenvalue weighted by Gasteiger charge is -2.15. The van der Waals surface area contributed by atoms with E-state index in [1.165, 1.54) is 0 Å². The highest BCUT2D eigenvalue weighted by atomic mass is 79.9. The van der Waals surface area contributed by atoms with Crippen LogP contribution < -0.4 is 10.1 Å². The minimum absolute atomic E-state index is 0.575. The molecule has 1 aromatic rings. The smallest absolute Gasteiger partial charge is 0.258 e. The van der Waals surface area contributed by atoms with Crippen LogP contribution in [-0.4, -0.2) is 23.1 Å². The van der Waals surface area contributed by atoms with E-state index in [1.54, 1.807) is 6.20 Å². The number of hydrogen-bond donors (Lipinski definition) is 1. The van der Waals surface area contributed by atoms with Crippen molar-refractivity contribution in [2.24, 2.45) is 0 Å². The summed E-state index contributed by atoms with van der Waals surface area (Å²) in [6, 6.07) is 0. The number of ether oxygens (including phenoxy) is 1. The molecule has 0 amide bonds. The van der Waals surface area contributed by atoms with Crippen molar-refractivity contribution in [2.75, 3.05) is 18.5 Å². The molecule has 2 rings (SSSR count). The summed E-state index contributed by atoms with van der Waals surface area (Å²) >= 11 is 3.21. The number of anilines is 1. The Kier molecular flexibility index (Phi) is 1.65. The summed E-state index contributed by atoms with van der Waals surface area (Å²) in [7, 11) is 0. The van der Waals surface area contributed by atoms with Crippen LogP contribution in [0.1, 0.15) is 0 Å². The van der Waals surface area contributed by atoms with Crippen LogP contribution in [0.2, 0.25) is 0 Å². The number of fused-ring (bicyclic) bond motifs is 1. The van der Waals surface area contributed by atoms with Crippen molar-refractivity contribution < 1.29 is 4.74 Å². The van der Waals surface area contributed by atoms with Gasteiger partial charge in [0.25, 0.3) is 5.88 Å². The van der Waals surface area contributed by atoms with Crippen LogP contribution in [0, 0.1) is 0 Å². The number of aromatic nitrogens is 2. The minimum atomic E-state index is 0.575. The Balaban J connectivity index is 2.43. The number of hydrogen-bond acceptors (Lipinski definition) is 4. The summed E-state index contributed by atoms with van der Waals surface area (Å²) in [5, 5.41) is 3.07. The molecular formula is C6H6BrN3O. The Morgan fingerprint density at radius 2 is 2.55 bits per heavy atom. The maximum Gasteiger partial charge on any atom is 0.258 e. The summed E-state index contributed by atoms with van der Waals surface area (Å²) in [5.41, 5.74) is 0. The van der Waals surface area contributed by atoms with Crippen molar-refractivity contribution in [2.45, 2.75) is 0 Å². The topological polar surface area (TPSA) is 47.0 Å². The van der Waals surface area contributed by atoms with Crippen molar-refractivity contribution in [3.8, 4) is 5.88 Å². The lowest BCUT2D eigenvalue weighted by atomic mass is 10.5. The van der Waals surface area contributed by atoms with Gasteiger partial charge in [-0.15, -0.1) is 0 Å². The number of rotatable bonds is 0. The van der Waals surface area contributed by atoms with E-state index in [-0.39, 0.29) is 0 Å². The van der Waals surface area contributed by atoms with E-state index in [0.29, 0.717) is 17.1 Å². The van der Waals surface area contributed by atoms with E-state index in [9.17, 15) is 0 Å². The van der Waals surface area contributed by atoms with Crippen LogP contribution >= 0.6 is 15.9 Å². The molecule has 0 radical (unpaired) electrons. The Morgan fingerprint density at radius 3 is 3.45 bits per heavy atom. The van der Waals surface area contributed by atoms with Gasteiger partial charge in [-0.05, 0) is 15.9 Å². The maximum absolute atomic E-state index is 5.24. The van der Waals surface area contributed by atoms with Gasteiger partial charge in [-0.3, -0.25) is 0 Å². The van der Waals surface area contributed by atoms with Gasteiger partial charge >= 0.3 is 0 Å². The quantitative estimate of drug-likeness (QED) is 0.703. The van der Waals surface area contributed by atoms with E-state index in [2.05, 4.69) is 31.2 Å². The van der Waals surface area contributed by atoms with Crippen molar-refractivity contribution >= 4 is 21.7 Å². The highest BCUT2D eigenvalue weighted by Gasteiger charge is 2.11. The Labute approximate surface area is 72.1 Å². The second-order valence-electron chi connectivity index (χ2n) is 2.12. The van der Waals surface area contributed by atoms with Crippen LogP contribution in [0.3, 0.4) is 0 Å². The first-order valence-corrected chi connectivity index (χ1v) is 4.05. The van der Waals surface area contributed by atoms with Gasteiger partial charge in [0.05, 0.1) is 12.7 Å². The van der Waals surface area contributed by atoms with Crippen LogP contribution in [0.5, 0.6) is 5.88 Å². The fourth-order valence-corrected chi connectivity index (χ4v) is 1.15. The standard InChI is InChI=1S/C6H6BrN3O/c7-4-3-9-5-6(10-4)11-2-1-8-5/h3H,1-2H2,(H,8,9). The van der Waals surface area contributed by atoms with Crippen LogP contribution in [-0.2, 0) is 0 Å². The first kappa shape index (κ1) is 6.84. The van der Waals surface area contributed by atoms with Gasteiger partial charge in [-0.25, -0.2) is 9.97 Å². The van der Waals surface area contributed by atoms with E-state index < -0.39 is 0 Å². The van der Waals surface area contributed by atoms with Crippen molar-refractivity contribution in [1.82, 2.24) is 9.97 Å². The molecule has 0 bridgehead atoms. The molecule has 1 aromatic heterocycles. The molecule has 1 aliphatic heterocycles. The van der Waals surface area contributed by atoms with E-state index in [0.717, 1.165) is 12.4 Å². The fraction of sp³-hybridized carbons (Fsp3) is 0.333. The van der Waals surface area contributed by atoms with Gasteiger partial charge in [0, 0.05) is 0 Å². The number of halogens is 1. The summed E-state index contributed by atoms with van der Waals surface area (Å²) in [4.78, 5) is 8.16. The first-order chi connectivity index (χ1) is 5.36. The highest BCUT2D eigenvalue weighted by molar-refractivity contribution is 9.10. The molecule has 0 spiro atoms. The molecule has 0 unspecified atom stereocenters. The Bertz CT molecular complexity index is 279. The van der Waals surface area contributed by atoms with E-state index >= 15 is 0 Å². The van der Waals surface area contributed by atoms with Gasteiger partial charge < -0.3 is 10.1 Å². The second-order valence-corrected chi connectivity index (χ2v) is 2.93. The largest absolute Gasteiger partial charge is 0.473 e. The summed E-state index contributed by atoms with van der Waals surface area (Å²) in [5.74, 6) is 1.30. The Morgan fingerprint density at radius 1 is 1.64 bits per heavy atom. The zero-order valence-corrected chi connectivity index (χ0v) is 7.26. The average molecular weight is 216 g/mol. The molecule has 1 N–H and O–H groups in total. The molecule has 11 heavy (non-hydrogen) atoms. The van der Waals surface area contributed by atoms with Gasteiger partial charge in [0.15, 0.2) is 5.82 Å². The fourth-order valence-electron chi connectivity index (χ4n) is 0.891. The molecular weight excluding hydrogens is 210 g/mol. The lowest BCUT2D eigenvalue weighted by Crippen LogP contribution is -2.19. The molecule has 58 valence electrons. The summed E-state index contributed by atoms with van der Waals surface area (Å²) in [6.07, 6.45) is 1.64. The summed E-state index contributed by atoms with van der Waals surface area (Å²) < 4.78 is 5.93. The monoisotopic (exact) mass is 215 g/mol. The van der Waals surface area contributed by atoms with Crippen molar-refractivity contribution in [3.05, 3.63) is 10.8 Å². The average Bonchev–Trinajstić information content (AvgIpc) is 2.04. The third-order valence-electron chi connectivity index (χ3n) is 1.34. The van der Waals surface area contributed by atoms with Crippen LogP contribution in [0.25, 0.3) is 0 Å². The highest BCUT2D eigenvalue weighted by Crippen LogP contribution is 2.22. The molecule has 0 fully saturated rings. The van der Waals surface area contributed by atoms with Crippen molar-refractivity contribution in [1.29, 1.82) is 0 Å². The van der Waals surface area contributed by atoms with Gasteiger partial charge in [-0.1, -0.05) is 0 Å². The van der Waals surface area contributed by atoms with Crippen LogP contribution in [0.15, 0.2) is 10.8 Å². The molecule has 0 atom stereocenters. The number of nitrogens with one attached hydrogen (secondary N) is 1. The number of nitrogens with zero attached hydrogens (tertiary/aromatic N) is 2. The zero-order valence-electron chi connectivity index (χ0n) is 5.67. The molecule has 5 heteroatoms. The van der Waals surface area contributed by atoms with Gasteiger partial charge in [0.1, 0.15) is 11.2 Å². The molecule has 0 saturated heterocycles. The Hall–Kier alpha value is -0.840. The van der Waals surface area contributed by atoms with Crippen molar-refractivity contribution in [3.63, 3.8) is 0 Å². The molecule has 4 nitrogen and oxygen atoms in total. The SMILES string of the molecule is Brc1cnc2c(n1)OCCN2. The lowest BCUT2D eigenvalue weighted by molar-refractivity contribution is 0.307. The molecule has 2 heterocycles. The molecule has 0 saturated carbocycles. The van der Waals surface area contributed by atoms with Crippen LogP contribution in [0.4, 0.5) is 5.82 Å². The second kappa shape index (κ2) is 2.65. The third-order valence-corrected chi connectivity index (χ3v) is 1.73. The molecule has 1 aliphatic rings. The van der Waals surface area contributed by atoms with Gasteiger partial charge in [-0.2, -0.15) is 0 Å². The predicted octanol–water partition coefficient (Wildman–Crippen LogP) is 1.04. The molecule has 0 aromatic carbocycles. The van der Waals surface area contributed by atoms with E-state index in [1.807, 2.05) is 0 Å². The first-order valence-electron chi connectivity index (χ1n) is 3.25. The predicted molar refractivity (Wildman–Crippen MR) is 43.7 cm³/mol. The zero-order chi connectivity index (χ0) is 7.68. The minimum Gasteiger partial charge on any atom is -0.473 e. The normalized spacial score (nSPS) is 14.6. The molecule has 0 aliphatic carbocycles.